The first-order valence-electron chi connectivity index (χ1n) is 7.50. The van der Waals surface area contributed by atoms with Gasteiger partial charge in [0.25, 0.3) is 5.91 Å². The van der Waals surface area contributed by atoms with Crippen LogP contribution in [0.4, 0.5) is 13.2 Å². The molecule has 1 aromatic rings. The van der Waals surface area contributed by atoms with Crippen molar-refractivity contribution < 1.29 is 31.1 Å². The average Bonchev–Trinajstić information content (AvgIpc) is 3.32. The lowest BCUT2D eigenvalue weighted by atomic mass is 10.2. The predicted octanol–water partition coefficient (Wildman–Crippen LogP) is 1.84. The average molecular weight is 471 g/mol. The van der Waals surface area contributed by atoms with Crippen LogP contribution in [0.2, 0.25) is 0 Å². The normalized spacial score (nSPS) is 16.9. The Labute approximate surface area is 161 Å². The lowest BCUT2D eigenvalue weighted by molar-refractivity contribution is -0.0451. The number of nitriles is 1. The first kappa shape index (κ1) is 21.4. The van der Waals surface area contributed by atoms with Gasteiger partial charge in [-0.1, -0.05) is 0 Å². The highest BCUT2D eigenvalue weighted by Gasteiger charge is 2.46. The van der Waals surface area contributed by atoms with Gasteiger partial charge in [-0.3, -0.25) is 4.79 Å². The number of amides is 1. The highest BCUT2D eigenvalue weighted by atomic mass is 79.9. The summed E-state index contributed by atoms with van der Waals surface area (Å²) >= 11 is 3.14. The van der Waals surface area contributed by atoms with Crippen molar-refractivity contribution in [2.75, 3.05) is 6.61 Å². The number of alkyl halides is 3. The molecular weight excluding hydrogens is 457 g/mol. The number of ether oxygens (including phenoxy) is 1. The van der Waals surface area contributed by atoms with Gasteiger partial charge in [0.1, 0.15) is 12.1 Å². The Balaban J connectivity index is 2.02. The summed E-state index contributed by atoms with van der Waals surface area (Å²) < 4.78 is 66.0. The van der Waals surface area contributed by atoms with Crippen molar-refractivity contribution in [3.05, 3.63) is 22.3 Å². The third kappa shape index (κ3) is 5.30. The lowest BCUT2D eigenvalue weighted by Crippen LogP contribution is -2.43. The molecule has 1 amide bonds. The first-order chi connectivity index (χ1) is 12.4. The Morgan fingerprint density at radius 1 is 1.52 bits per heavy atom. The Hall–Kier alpha value is -1.91. The molecule has 13 heteroatoms. The second-order valence-electron chi connectivity index (χ2n) is 5.93. The summed E-state index contributed by atoms with van der Waals surface area (Å²) in [5.74, 6) is -0.637. The molecule has 27 heavy (non-hydrogen) atoms. The van der Waals surface area contributed by atoms with Crippen LogP contribution in [-0.4, -0.2) is 43.0 Å². The van der Waals surface area contributed by atoms with E-state index in [9.17, 15) is 26.4 Å². The van der Waals surface area contributed by atoms with Gasteiger partial charge in [0.2, 0.25) is 5.88 Å². The van der Waals surface area contributed by atoms with E-state index < -0.39 is 39.6 Å². The van der Waals surface area contributed by atoms with Crippen molar-refractivity contribution in [1.82, 2.24) is 15.0 Å². The number of pyridine rings is 1. The van der Waals surface area contributed by atoms with Gasteiger partial charge in [0, 0.05) is 16.7 Å². The molecule has 1 heterocycles. The van der Waals surface area contributed by atoms with Crippen molar-refractivity contribution in [3.8, 4) is 11.9 Å². The molecule has 1 unspecified atom stereocenters. The van der Waals surface area contributed by atoms with Crippen LogP contribution in [0.15, 0.2) is 16.7 Å². The Morgan fingerprint density at radius 3 is 2.67 bits per heavy atom. The van der Waals surface area contributed by atoms with Crippen molar-refractivity contribution in [2.24, 2.45) is 0 Å². The zero-order valence-corrected chi connectivity index (χ0v) is 16.2. The number of sulfonamides is 1. The number of nitrogens with one attached hydrogen (secondary N) is 2. The lowest BCUT2D eigenvalue weighted by Gasteiger charge is -2.16. The van der Waals surface area contributed by atoms with E-state index in [0.29, 0.717) is 17.3 Å². The Bertz CT molecular complexity index is 881. The van der Waals surface area contributed by atoms with Crippen molar-refractivity contribution in [3.63, 3.8) is 0 Å². The number of nitrogens with zero attached hydrogens (tertiary/aromatic N) is 2. The monoisotopic (exact) mass is 470 g/mol. The van der Waals surface area contributed by atoms with Gasteiger partial charge in [-0.15, -0.1) is 0 Å². The summed E-state index contributed by atoms with van der Waals surface area (Å²) in [6.45, 7) is 0.729. The van der Waals surface area contributed by atoms with E-state index in [1.807, 2.05) is 6.07 Å². The quantitative estimate of drug-likeness (QED) is 0.626. The molecule has 1 saturated carbocycles. The Morgan fingerprint density at radius 2 is 2.15 bits per heavy atom. The van der Waals surface area contributed by atoms with E-state index in [0.717, 1.165) is 0 Å². The molecule has 1 atom stereocenters. The van der Waals surface area contributed by atoms with Crippen LogP contribution in [0.3, 0.4) is 0 Å². The fourth-order valence-electron chi connectivity index (χ4n) is 1.92. The van der Waals surface area contributed by atoms with Crippen molar-refractivity contribution >= 4 is 31.9 Å². The molecule has 0 saturated heterocycles. The number of aromatic nitrogens is 1. The van der Waals surface area contributed by atoms with E-state index in [2.05, 4.69) is 26.2 Å². The maximum atomic E-state index is 12.3. The smallest absolute Gasteiger partial charge is 0.476 e. The van der Waals surface area contributed by atoms with E-state index in [4.69, 9.17) is 10.00 Å². The van der Waals surface area contributed by atoms with Crippen LogP contribution in [0.25, 0.3) is 0 Å². The van der Waals surface area contributed by atoms with Crippen LogP contribution in [0, 0.1) is 11.3 Å². The van der Waals surface area contributed by atoms with Crippen LogP contribution in [0.5, 0.6) is 5.88 Å². The number of carbonyl (C=O) groups is 1. The predicted molar refractivity (Wildman–Crippen MR) is 90.0 cm³/mol. The van der Waals surface area contributed by atoms with Gasteiger partial charge in [-0.05, 0) is 35.7 Å². The molecule has 148 valence electrons. The van der Waals surface area contributed by atoms with Gasteiger partial charge < -0.3 is 10.1 Å². The van der Waals surface area contributed by atoms with Gasteiger partial charge in [0.15, 0.2) is 0 Å². The summed E-state index contributed by atoms with van der Waals surface area (Å²) in [6.07, 6.45) is 2.33. The largest absolute Gasteiger partial charge is 0.511 e. The maximum Gasteiger partial charge on any atom is 0.511 e. The van der Waals surface area contributed by atoms with Gasteiger partial charge in [-0.2, -0.15) is 18.4 Å². The fourth-order valence-corrected chi connectivity index (χ4v) is 3.05. The SMILES string of the molecule is CC(COc1cc(C(=O)NC2(C#N)CC2)c(Br)cn1)NS(=O)(=O)C(F)(F)F. The molecule has 1 aliphatic carbocycles. The van der Waals surface area contributed by atoms with E-state index in [1.54, 1.807) is 0 Å². The third-order valence-corrected chi connectivity index (χ3v) is 5.49. The zero-order valence-electron chi connectivity index (χ0n) is 13.8. The molecule has 2 rings (SSSR count). The van der Waals surface area contributed by atoms with Crippen LogP contribution < -0.4 is 14.8 Å². The standard InChI is InChI=1S/C14H14BrF3N4O4S/c1-8(22-27(24,25)14(16,17)18)6-26-11-4-9(10(15)5-20-11)12(23)21-13(7-19)2-3-13/h4-5,8,22H,2-3,6H2,1H3,(H,21,23). The summed E-state index contributed by atoms with van der Waals surface area (Å²) in [5.41, 5.74) is -6.20. The van der Waals surface area contributed by atoms with Crippen molar-refractivity contribution in [2.45, 2.75) is 36.9 Å². The van der Waals surface area contributed by atoms with Gasteiger partial charge in [-0.25, -0.2) is 18.1 Å². The second-order valence-corrected chi connectivity index (χ2v) is 8.49. The zero-order chi connectivity index (χ0) is 20.5. The summed E-state index contributed by atoms with van der Waals surface area (Å²) in [6, 6.07) is 2.04. The first-order valence-corrected chi connectivity index (χ1v) is 9.77. The van der Waals surface area contributed by atoms with E-state index in [-0.39, 0.29) is 11.4 Å². The Kier molecular flexibility index (Phi) is 6.03. The minimum Gasteiger partial charge on any atom is -0.476 e. The molecular formula is C14H14BrF3N4O4S. The number of rotatable bonds is 7. The number of halogens is 4. The third-order valence-electron chi connectivity index (χ3n) is 3.53. The molecule has 0 radical (unpaired) electrons. The fraction of sp³-hybridized carbons (Fsp3) is 0.500. The second kappa shape index (κ2) is 7.61. The summed E-state index contributed by atoms with van der Waals surface area (Å²) in [7, 11) is -5.50. The highest BCUT2D eigenvalue weighted by molar-refractivity contribution is 9.10. The molecule has 1 aliphatic rings. The summed E-state index contributed by atoms with van der Waals surface area (Å²) in [5, 5.41) is 11.6. The molecule has 1 fully saturated rings. The molecule has 0 aliphatic heterocycles. The minimum atomic E-state index is -5.50. The molecule has 0 spiro atoms. The summed E-state index contributed by atoms with van der Waals surface area (Å²) in [4.78, 5) is 16.1. The number of carbonyl (C=O) groups excluding carboxylic acids is 1. The van der Waals surface area contributed by atoms with Crippen LogP contribution in [-0.2, 0) is 10.0 Å². The number of hydrogen-bond acceptors (Lipinski definition) is 6. The molecule has 8 nitrogen and oxygen atoms in total. The van der Waals surface area contributed by atoms with Crippen LogP contribution >= 0.6 is 15.9 Å². The van der Waals surface area contributed by atoms with Gasteiger partial charge in [0.05, 0.1) is 17.7 Å². The molecule has 1 aromatic heterocycles. The molecule has 0 bridgehead atoms. The minimum absolute atomic E-state index is 0.0942. The van der Waals surface area contributed by atoms with Gasteiger partial charge >= 0.3 is 15.5 Å². The van der Waals surface area contributed by atoms with Crippen molar-refractivity contribution in [1.29, 1.82) is 5.26 Å². The molecule has 2 N–H and O–H groups in total. The highest BCUT2D eigenvalue weighted by Crippen LogP contribution is 2.35. The maximum absolute atomic E-state index is 12.3. The van der Waals surface area contributed by atoms with Crippen LogP contribution in [0.1, 0.15) is 30.1 Å². The molecule has 0 aromatic carbocycles. The topological polar surface area (TPSA) is 121 Å². The van der Waals surface area contributed by atoms with E-state index >= 15 is 0 Å². The van der Waals surface area contributed by atoms with E-state index in [1.165, 1.54) is 23.9 Å². The number of hydrogen-bond donors (Lipinski definition) is 2.